The van der Waals surface area contributed by atoms with Gasteiger partial charge in [0, 0.05) is 72.8 Å². The van der Waals surface area contributed by atoms with Crippen LogP contribution in [0, 0.1) is 83.5 Å². The molecule has 39 heavy (non-hydrogen) atoms. The fourth-order valence-corrected chi connectivity index (χ4v) is 0. The summed E-state index contributed by atoms with van der Waals surface area (Å²) in [5.41, 5.74) is 0. The summed E-state index contributed by atoms with van der Waals surface area (Å²) in [5.74, 6) is 0. The second-order valence-electron chi connectivity index (χ2n) is 2.86. The van der Waals surface area contributed by atoms with Crippen LogP contribution in [0.25, 0.3) is 0 Å². The maximum atomic E-state index is 8.52. The summed E-state index contributed by atoms with van der Waals surface area (Å²) in [4.78, 5) is 0. The van der Waals surface area contributed by atoms with Crippen molar-refractivity contribution in [1.29, 1.82) is 0 Å². The van der Waals surface area contributed by atoms with Crippen molar-refractivity contribution in [2.45, 2.75) is 0 Å². The van der Waals surface area contributed by atoms with Gasteiger partial charge in [-0.25, -0.2) is 0 Å². The number of rotatable bonds is 0. The van der Waals surface area contributed by atoms with Gasteiger partial charge < -0.3 is 63.7 Å². The zero-order valence-corrected chi connectivity index (χ0v) is 33.2. The van der Waals surface area contributed by atoms with Crippen LogP contribution in [-0.2, 0) is 125 Å². The van der Waals surface area contributed by atoms with Gasteiger partial charge in [-0.2, -0.15) is 0 Å². The Morgan fingerprint density at radius 3 is 0.205 bits per heavy atom. The van der Waals surface area contributed by atoms with E-state index in [1.165, 1.54) is 0 Å². The first kappa shape index (κ1) is 73.8. The molecule has 0 aromatic carbocycles. The summed E-state index contributed by atoms with van der Waals surface area (Å²) in [6.45, 7) is 0. The fourth-order valence-electron chi connectivity index (χ4n) is 0. The van der Waals surface area contributed by atoms with Crippen LogP contribution in [0.2, 0.25) is 0 Å². The molecule has 28 nitrogen and oxygen atoms in total. The molecule has 226 valence electrons. The van der Waals surface area contributed by atoms with Crippen LogP contribution in [0.5, 0.6) is 0 Å². The van der Waals surface area contributed by atoms with Crippen LogP contribution in [0.15, 0.2) is 0 Å². The molecule has 0 rings (SSSR count). The normalized spacial score (nSPS) is 10.4. The molecule has 0 heterocycles. The SMILES string of the molecule is O=S(=O)([O-])[O-].O=S(=O)([O-])[O-].O=S(=O)([O-])[O-].O=S(=O)([O-])[O-].O=S(=O)([O-])[O-].O=S(=O)([O-])[O-].O=S(=O)([O-])[O-].[Ce+3].[Ce+3].[Zr+4].[Zr+4]. The van der Waals surface area contributed by atoms with Crippen molar-refractivity contribution in [3.05, 3.63) is 0 Å². The third-order valence-corrected chi connectivity index (χ3v) is 0. The molecule has 0 spiro atoms. The Balaban J connectivity index is -0.0000000256. The van der Waals surface area contributed by atoms with Gasteiger partial charge >= 0.3 is 136 Å². The van der Waals surface area contributed by atoms with Crippen LogP contribution in [-0.4, -0.2) is 123 Å². The summed E-state index contributed by atoms with van der Waals surface area (Å²) in [7, 11) is -36.2. The van der Waals surface area contributed by atoms with E-state index in [4.69, 9.17) is 123 Å². The molecule has 0 aliphatic heterocycles. The van der Waals surface area contributed by atoms with Crippen molar-refractivity contribution in [2.24, 2.45) is 0 Å². The van der Waals surface area contributed by atoms with E-state index < -0.39 is 72.8 Å². The average molecular weight is 1140 g/mol. The Morgan fingerprint density at radius 1 is 0.205 bits per heavy atom. The number of hydrogen-bond donors (Lipinski definition) is 0. The molecule has 0 aromatic rings. The van der Waals surface area contributed by atoms with Gasteiger partial charge in [-0.1, -0.05) is 0 Å². The molecule has 2 radical (unpaired) electrons. The Hall–Kier alpha value is 3.61. The average Bonchev–Trinajstić information content (AvgIpc) is 2.06. The van der Waals surface area contributed by atoms with Gasteiger partial charge in [0.25, 0.3) is 0 Å². The summed E-state index contributed by atoms with van der Waals surface area (Å²) < 4.78 is 239. The van der Waals surface area contributed by atoms with E-state index in [0.717, 1.165) is 0 Å². The molecule has 0 atom stereocenters. The third-order valence-electron chi connectivity index (χ3n) is 0. The second kappa shape index (κ2) is 33.0. The summed E-state index contributed by atoms with van der Waals surface area (Å²) in [6.07, 6.45) is 0. The largest absolute Gasteiger partial charge is 4.00 e. The van der Waals surface area contributed by atoms with Crippen molar-refractivity contribution in [1.82, 2.24) is 0 Å². The molecule has 0 fully saturated rings. The summed E-state index contributed by atoms with van der Waals surface area (Å²) in [5, 5.41) is 0. The summed E-state index contributed by atoms with van der Waals surface area (Å²) >= 11 is 0. The molecular weight excluding hydrogens is 1140 g/mol. The van der Waals surface area contributed by atoms with Crippen molar-refractivity contribution in [3.8, 4) is 0 Å². The first-order valence-electron chi connectivity index (χ1n) is 4.67. The quantitative estimate of drug-likeness (QED) is 0.161. The third kappa shape index (κ3) is 5010. The molecule has 0 unspecified atom stereocenters. The van der Waals surface area contributed by atoms with E-state index in [-0.39, 0.29) is 136 Å². The van der Waals surface area contributed by atoms with E-state index in [9.17, 15) is 0 Å². The monoisotopic (exact) mass is 1130 g/mol. The van der Waals surface area contributed by atoms with Crippen molar-refractivity contribution >= 4 is 72.8 Å². The van der Waals surface area contributed by atoms with E-state index >= 15 is 0 Å². The number of hydrogen-bond acceptors (Lipinski definition) is 28. The van der Waals surface area contributed by atoms with Crippen molar-refractivity contribution in [2.75, 3.05) is 0 Å². The predicted molar refractivity (Wildman–Crippen MR) is 73.3 cm³/mol. The zero-order chi connectivity index (χ0) is 31.5. The van der Waals surface area contributed by atoms with Gasteiger partial charge in [0.2, 0.25) is 0 Å². The van der Waals surface area contributed by atoms with Gasteiger partial charge in [0.15, 0.2) is 0 Å². The fraction of sp³-hybridized carbons (Fsp3) is 0. The first-order valence-corrected chi connectivity index (χ1v) is 14.0. The van der Waals surface area contributed by atoms with Crippen LogP contribution >= 0.6 is 0 Å². The summed E-state index contributed by atoms with van der Waals surface area (Å²) in [6, 6.07) is 0. The molecular formula is Ce2O28S7Zr2. The van der Waals surface area contributed by atoms with Crippen LogP contribution in [0.1, 0.15) is 0 Å². The van der Waals surface area contributed by atoms with Crippen LogP contribution in [0.3, 0.4) is 0 Å². The minimum atomic E-state index is -5.17. The predicted octanol–water partition coefficient (Wildman–Crippen LogP) is -9.37. The van der Waals surface area contributed by atoms with E-state index in [2.05, 4.69) is 0 Å². The van der Waals surface area contributed by atoms with Crippen molar-refractivity contribution in [3.63, 3.8) is 0 Å². The minimum absolute atomic E-state index is 0. The molecule has 0 saturated carbocycles. The molecule has 0 aliphatic carbocycles. The topological polar surface area (TPSA) is 562 Å². The zero-order valence-electron chi connectivity index (χ0n) is 16.3. The Morgan fingerprint density at radius 2 is 0.205 bits per heavy atom. The Kier molecular flexibility index (Phi) is 62.4. The van der Waals surface area contributed by atoms with Gasteiger partial charge in [-0.3, -0.25) is 58.9 Å². The van der Waals surface area contributed by atoms with E-state index in [0.29, 0.717) is 0 Å². The first-order chi connectivity index (χ1) is 14.0. The molecule has 0 bridgehead atoms. The molecule has 39 heteroatoms. The van der Waals surface area contributed by atoms with Gasteiger partial charge in [0.05, 0.1) is 0 Å². The molecule has 0 saturated heterocycles. The smallest absolute Gasteiger partial charge is 0.759 e. The van der Waals surface area contributed by atoms with Gasteiger partial charge in [0.1, 0.15) is 0 Å². The van der Waals surface area contributed by atoms with Gasteiger partial charge in [-0.05, 0) is 0 Å². The second-order valence-corrected chi connectivity index (χ2v) is 8.57. The van der Waals surface area contributed by atoms with E-state index in [1.54, 1.807) is 0 Å². The molecule has 0 aliphatic rings. The minimum Gasteiger partial charge on any atom is -0.759 e. The molecule has 0 aromatic heterocycles. The molecule has 0 amide bonds. The van der Waals surface area contributed by atoms with Gasteiger partial charge in [-0.15, -0.1) is 0 Å². The van der Waals surface area contributed by atoms with E-state index in [1.807, 2.05) is 0 Å². The van der Waals surface area contributed by atoms with Crippen LogP contribution < -0.4 is 0 Å². The van der Waals surface area contributed by atoms with Crippen molar-refractivity contribution < 1.29 is 259 Å². The Labute approximate surface area is 325 Å². The maximum Gasteiger partial charge on any atom is 4.00 e. The maximum absolute atomic E-state index is 8.52. The van der Waals surface area contributed by atoms with Crippen LogP contribution in [0.4, 0.5) is 0 Å². The molecule has 0 N–H and O–H groups in total. The Bertz CT molecular complexity index is 925. The standard InChI is InChI=1S/2Ce.7H2O4S.2Zr/c;;7*1-5(2,3)4;;/h;;7*(H2,1,2,3,4);;/q2*+3;;;;;;;;2*+4/p-14.